The number of esters is 1. The molecule has 2 rings (SSSR count). The van der Waals surface area contributed by atoms with Gasteiger partial charge in [0.1, 0.15) is 0 Å². The van der Waals surface area contributed by atoms with Gasteiger partial charge >= 0.3 is 5.97 Å². The summed E-state index contributed by atoms with van der Waals surface area (Å²) in [6.45, 7) is 10.6. The third-order valence-electron chi connectivity index (χ3n) is 5.13. The van der Waals surface area contributed by atoms with Gasteiger partial charge in [-0.05, 0) is 28.9 Å². The number of carbonyl (C=O) groups is 1. The summed E-state index contributed by atoms with van der Waals surface area (Å²) >= 11 is 0. The van der Waals surface area contributed by atoms with Crippen LogP contribution >= 0.6 is 0 Å². The van der Waals surface area contributed by atoms with Gasteiger partial charge in [-0.2, -0.15) is 0 Å². The van der Waals surface area contributed by atoms with Gasteiger partial charge in [-0.25, -0.2) is 4.79 Å². The van der Waals surface area contributed by atoms with E-state index in [4.69, 9.17) is 13.9 Å². The summed E-state index contributed by atoms with van der Waals surface area (Å²) in [5.74, 6) is -1.29. The lowest BCUT2D eigenvalue weighted by molar-refractivity contribution is -0.358. The molecule has 0 saturated heterocycles. The first kappa shape index (κ1) is 24.7. The van der Waals surface area contributed by atoms with Gasteiger partial charge in [0.2, 0.25) is 0 Å². The quantitative estimate of drug-likeness (QED) is 0.245. The second-order valence-electron chi connectivity index (χ2n) is 8.18. The predicted molar refractivity (Wildman–Crippen MR) is 123 cm³/mol. The third kappa shape index (κ3) is 5.77. The van der Waals surface area contributed by atoms with Crippen LogP contribution in [0, 0.1) is 0 Å². The molecule has 0 saturated carbocycles. The molecule has 0 atom stereocenters. The van der Waals surface area contributed by atoms with Crippen molar-refractivity contribution < 1.29 is 23.8 Å². The summed E-state index contributed by atoms with van der Waals surface area (Å²) in [5.41, 5.74) is -0.0124. The average Bonchev–Trinajstić information content (AvgIpc) is 2.74. The molecular weight excluding hydrogens is 408 g/mol. The van der Waals surface area contributed by atoms with Crippen LogP contribution in [-0.2, 0) is 18.7 Å². The van der Waals surface area contributed by atoms with Crippen molar-refractivity contribution in [2.75, 3.05) is 19.8 Å². The van der Waals surface area contributed by atoms with Crippen LogP contribution in [0.5, 0.6) is 0 Å². The molecule has 168 valence electrons. The van der Waals surface area contributed by atoms with Gasteiger partial charge < -0.3 is 19.0 Å². The highest BCUT2D eigenvalue weighted by Gasteiger charge is 2.50. The molecule has 0 amide bonds. The van der Waals surface area contributed by atoms with E-state index >= 15 is 0 Å². The second kappa shape index (κ2) is 11.2. The summed E-state index contributed by atoms with van der Waals surface area (Å²) in [4.78, 5) is 12.3. The first-order valence-corrected chi connectivity index (χ1v) is 12.6. The Hall–Kier alpha value is -2.57. The molecule has 0 aliphatic heterocycles. The molecule has 2 aromatic rings. The van der Waals surface area contributed by atoms with Crippen LogP contribution < -0.4 is 15.5 Å². The Morgan fingerprint density at radius 2 is 1.35 bits per heavy atom. The fourth-order valence-electron chi connectivity index (χ4n) is 3.79. The molecular formula is C25H33O5Si-. The summed E-state index contributed by atoms with van der Waals surface area (Å²) < 4.78 is 16.9. The number of benzene rings is 2. The van der Waals surface area contributed by atoms with Crippen molar-refractivity contribution in [1.29, 1.82) is 0 Å². The number of hydrogen-bond acceptors (Lipinski definition) is 5. The highest BCUT2D eigenvalue weighted by atomic mass is 28.4. The lowest BCUT2D eigenvalue weighted by atomic mass is 10.2. The number of rotatable bonds is 10. The summed E-state index contributed by atoms with van der Waals surface area (Å²) in [6.07, 6.45) is 0.127. The normalized spacial score (nSPS) is 12.8. The number of ether oxygens (including phenoxy) is 2. The fraction of sp³-hybridized carbons (Fsp3) is 0.400. The Balaban J connectivity index is 2.45. The van der Waals surface area contributed by atoms with Gasteiger partial charge in [0.25, 0.3) is 8.32 Å². The maximum atomic E-state index is 12.3. The number of hydrogen-bond donors (Lipinski definition) is 0. The van der Waals surface area contributed by atoms with Crippen molar-refractivity contribution in [2.45, 2.75) is 46.1 Å². The molecule has 5 nitrogen and oxygen atoms in total. The third-order valence-corrected chi connectivity index (χ3v) is 10.2. The van der Waals surface area contributed by atoms with E-state index in [2.05, 4.69) is 45.0 Å². The minimum absolute atomic E-state index is 0.0124. The van der Waals surface area contributed by atoms with E-state index in [0.717, 1.165) is 10.4 Å². The Kier molecular flexibility index (Phi) is 8.89. The summed E-state index contributed by atoms with van der Waals surface area (Å²) in [6, 6.07) is 20.5. The van der Waals surface area contributed by atoms with Gasteiger partial charge in [0.05, 0.1) is 18.1 Å². The SMILES string of the molecule is CCOC(=O)/C(CCO[Si](c1ccccc1)(c1ccccc1)C(C)(C)C)=C(/[O-])OCC. The standard InChI is InChI=1S/C25H34O5Si/c1-6-28-23(26)22(24(27)29-7-2)18-19-30-31(25(3,4)5,20-14-10-8-11-15-20)21-16-12-9-13-17-21/h8-17,26H,6-7,18-19H2,1-5H3/p-1/b23-22-. The zero-order valence-corrected chi connectivity index (χ0v) is 20.1. The zero-order chi connectivity index (χ0) is 22.9. The van der Waals surface area contributed by atoms with E-state index in [1.807, 2.05) is 36.4 Å². The van der Waals surface area contributed by atoms with E-state index in [9.17, 15) is 9.90 Å². The minimum Gasteiger partial charge on any atom is -0.613 e. The second-order valence-corrected chi connectivity index (χ2v) is 12.5. The van der Waals surface area contributed by atoms with Gasteiger partial charge in [-0.3, -0.25) is 0 Å². The molecule has 0 aliphatic rings. The van der Waals surface area contributed by atoms with Crippen molar-refractivity contribution >= 4 is 24.7 Å². The van der Waals surface area contributed by atoms with Crippen molar-refractivity contribution in [3.8, 4) is 0 Å². The van der Waals surface area contributed by atoms with Gasteiger partial charge in [0, 0.05) is 13.0 Å². The van der Waals surface area contributed by atoms with Gasteiger partial charge in [-0.15, -0.1) is 0 Å². The van der Waals surface area contributed by atoms with E-state index in [1.165, 1.54) is 0 Å². The van der Waals surface area contributed by atoms with E-state index in [0.29, 0.717) is 0 Å². The van der Waals surface area contributed by atoms with Crippen LogP contribution in [0.15, 0.2) is 72.2 Å². The van der Waals surface area contributed by atoms with E-state index in [-0.39, 0.29) is 36.9 Å². The largest absolute Gasteiger partial charge is 0.613 e. The molecule has 0 aliphatic carbocycles. The Morgan fingerprint density at radius 1 is 0.871 bits per heavy atom. The average molecular weight is 442 g/mol. The molecule has 6 heteroatoms. The lowest BCUT2D eigenvalue weighted by Gasteiger charge is -2.43. The van der Waals surface area contributed by atoms with Crippen LogP contribution in [-0.4, -0.2) is 34.1 Å². The number of carbonyl (C=O) groups excluding carboxylic acids is 1. The monoisotopic (exact) mass is 441 g/mol. The predicted octanol–water partition coefficient (Wildman–Crippen LogP) is 3.12. The molecule has 2 aromatic carbocycles. The van der Waals surface area contributed by atoms with Crippen LogP contribution in [0.4, 0.5) is 0 Å². The van der Waals surface area contributed by atoms with Crippen LogP contribution in [0.2, 0.25) is 5.04 Å². The lowest BCUT2D eigenvalue weighted by Crippen LogP contribution is -2.66. The molecule has 0 aromatic heterocycles. The Labute approximate surface area is 186 Å². The van der Waals surface area contributed by atoms with Gasteiger partial charge in [-0.1, -0.05) is 88.4 Å². The highest BCUT2D eigenvalue weighted by Crippen LogP contribution is 2.37. The highest BCUT2D eigenvalue weighted by molar-refractivity contribution is 6.99. The fourth-order valence-corrected chi connectivity index (χ4v) is 8.36. The molecule has 0 unspecified atom stereocenters. The maximum absolute atomic E-state index is 12.3. The first-order chi connectivity index (χ1) is 14.8. The summed E-state index contributed by atoms with van der Waals surface area (Å²) in [7, 11) is -2.74. The summed E-state index contributed by atoms with van der Waals surface area (Å²) in [5, 5.41) is 14.4. The van der Waals surface area contributed by atoms with E-state index in [1.54, 1.807) is 13.8 Å². The van der Waals surface area contributed by atoms with Crippen molar-refractivity contribution in [3.63, 3.8) is 0 Å². The minimum atomic E-state index is -2.74. The molecule has 0 heterocycles. The molecule has 0 bridgehead atoms. The van der Waals surface area contributed by atoms with E-state index < -0.39 is 20.2 Å². The molecule has 0 radical (unpaired) electrons. The van der Waals surface area contributed by atoms with Gasteiger partial charge in [0.15, 0.2) is 0 Å². The maximum Gasteiger partial charge on any atom is 0.335 e. The smallest absolute Gasteiger partial charge is 0.335 e. The van der Waals surface area contributed by atoms with Crippen LogP contribution in [0.3, 0.4) is 0 Å². The Bertz CT molecular complexity index is 817. The zero-order valence-electron chi connectivity index (χ0n) is 19.1. The molecule has 0 fully saturated rings. The van der Waals surface area contributed by atoms with Crippen LogP contribution in [0.1, 0.15) is 41.0 Å². The first-order valence-electron chi connectivity index (χ1n) is 10.7. The molecule has 31 heavy (non-hydrogen) atoms. The molecule has 0 N–H and O–H groups in total. The van der Waals surface area contributed by atoms with Crippen LogP contribution in [0.25, 0.3) is 0 Å². The Morgan fingerprint density at radius 3 is 1.77 bits per heavy atom. The van der Waals surface area contributed by atoms with Crippen molar-refractivity contribution in [2.24, 2.45) is 0 Å². The molecule has 0 spiro atoms. The topological polar surface area (TPSA) is 67.8 Å². The van der Waals surface area contributed by atoms with Crippen molar-refractivity contribution in [1.82, 2.24) is 0 Å². The van der Waals surface area contributed by atoms with Crippen molar-refractivity contribution in [3.05, 3.63) is 72.2 Å².